The number of hydrogen-bond acceptors (Lipinski definition) is 5. The van der Waals surface area contributed by atoms with Gasteiger partial charge in [-0.2, -0.15) is 0 Å². The zero-order valence-electron chi connectivity index (χ0n) is 11.4. The Kier molecular flexibility index (Phi) is 3.70. The zero-order chi connectivity index (χ0) is 15.1. The summed E-state index contributed by atoms with van der Waals surface area (Å²) in [7, 11) is -2.23. The van der Waals surface area contributed by atoms with Crippen LogP contribution in [0.25, 0.3) is 0 Å². The topological polar surface area (TPSA) is 107 Å². The van der Waals surface area contributed by atoms with E-state index < -0.39 is 14.9 Å². The molecule has 2 N–H and O–H groups in total. The quantitative estimate of drug-likeness (QED) is 0.504. The normalized spacial score (nSPS) is 15.6. The van der Waals surface area contributed by atoms with E-state index in [1.807, 2.05) is 0 Å². The summed E-state index contributed by atoms with van der Waals surface area (Å²) in [5.74, 6) is 0.402. The number of hydrogen-bond donors (Lipinski definition) is 1. The fourth-order valence-corrected chi connectivity index (χ4v) is 3.53. The van der Waals surface area contributed by atoms with Crippen LogP contribution >= 0.6 is 0 Å². The fourth-order valence-electron chi connectivity index (χ4n) is 2.07. The monoisotopic (exact) mass is 299 g/mol. The zero-order valence-corrected chi connectivity index (χ0v) is 12.2. The molecular weight excluding hydrogens is 282 g/mol. The number of anilines is 1. The summed E-state index contributed by atoms with van der Waals surface area (Å²) in [6.07, 6.45) is 2.06. The van der Waals surface area contributed by atoms with Crippen molar-refractivity contribution in [1.29, 1.82) is 0 Å². The molecule has 110 valence electrons. The highest BCUT2D eigenvalue weighted by Gasteiger charge is 2.31. The molecule has 0 aromatic heterocycles. The minimum atomic E-state index is -3.72. The Morgan fingerprint density at radius 1 is 1.45 bits per heavy atom. The molecule has 2 rings (SSSR count). The van der Waals surface area contributed by atoms with Crippen molar-refractivity contribution in [3.8, 4) is 0 Å². The molecule has 0 aliphatic heterocycles. The van der Waals surface area contributed by atoms with E-state index in [9.17, 15) is 18.5 Å². The molecule has 8 heteroatoms. The third-order valence-corrected chi connectivity index (χ3v) is 5.39. The van der Waals surface area contributed by atoms with E-state index in [0.717, 1.165) is 18.9 Å². The molecule has 1 aromatic carbocycles. The first-order valence-corrected chi connectivity index (χ1v) is 7.68. The molecule has 0 radical (unpaired) electrons. The number of nitro groups is 1. The molecule has 0 atom stereocenters. The van der Waals surface area contributed by atoms with Crippen LogP contribution in [0, 0.1) is 23.0 Å². The van der Waals surface area contributed by atoms with Crippen LogP contribution in [0.5, 0.6) is 0 Å². The molecule has 0 bridgehead atoms. The van der Waals surface area contributed by atoms with Crippen molar-refractivity contribution in [2.45, 2.75) is 24.7 Å². The molecule has 1 saturated carbocycles. The summed E-state index contributed by atoms with van der Waals surface area (Å²) in [5.41, 5.74) is 5.55. The van der Waals surface area contributed by atoms with Gasteiger partial charge < -0.3 is 5.73 Å². The van der Waals surface area contributed by atoms with Gasteiger partial charge >= 0.3 is 0 Å². The average Bonchev–Trinajstić information content (AvgIpc) is 3.11. The van der Waals surface area contributed by atoms with Crippen LogP contribution in [0.4, 0.5) is 11.4 Å². The summed E-state index contributed by atoms with van der Waals surface area (Å²) in [6, 6.07) is 2.37. The van der Waals surface area contributed by atoms with Gasteiger partial charge in [-0.25, -0.2) is 12.7 Å². The lowest BCUT2D eigenvalue weighted by Crippen LogP contribution is -2.29. The summed E-state index contributed by atoms with van der Waals surface area (Å²) >= 11 is 0. The number of nitro benzene ring substituents is 1. The molecular formula is C12H17N3O4S. The van der Waals surface area contributed by atoms with Crippen molar-refractivity contribution in [2.75, 3.05) is 19.3 Å². The minimum Gasteiger partial charge on any atom is -0.393 e. The van der Waals surface area contributed by atoms with Crippen LogP contribution in [0.3, 0.4) is 0 Å². The lowest BCUT2D eigenvalue weighted by Gasteiger charge is -2.18. The SMILES string of the molecule is Cc1cc(N)c([N+](=O)[O-])cc1S(=O)(=O)N(C)CC1CC1. The van der Waals surface area contributed by atoms with Gasteiger partial charge in [0.05, 0.1) is 9.82 Å². The highest BCUT2D eigenvalue weighted by atomic mass is 32.2. The van der Waals surface area contributed by atoms with Crippen LogP contribution < -0.4 is 5.73 Å². The van der Waals surface area contributed by atoms with Crippen LogP contribution in [0.2, 0.25) is 0 Å². The van der Waals surface area contributed by atoms with Crippen LogP contribution in [-0.4, -0.2) is 31.2 Å². The Morgan fingerprint density at radius 2 is 2.05 bits per heavy atom. The molecule has 7 nitrogen and oxygen atoms in total. The van der Waals surface area contributed by atoms with Gasteiger partial charge in [0.1, 0.15) is 5.69 Å². The number of rotatable bonds is 5. The predicted octanol–water partition coefficient (Wildman–Crippen LogP) is 1.52. The van der Waals surface area contributed by atoms with Gasteiger partial charge in [0, 0.05) is 19.7 Å². The van der Waals surface area contributed by atoms with Gasteiger partial charge in [-0.15, -0.1) is 0 Å². The standard InChI is InChI=1S/C12H17N3O4S/c1-8-5-10(13)11(15(16)17)6-12(8)20(18,19)14(2)7-9-3-4-9/h5-6,9H,3-4,7,13H2,1-2H3. The van der Waals surface area contributed by atoms with Crippen LogP contribution in [-0.2, 0) is 10.0 Å². The Morgan fingerprint density at radius 3 is 2.55 bits per heavy atom. The Hall–Kier alpha value is -1.67. The van der Waals surface area contributed by atoms with Crippen molar-refractivity contribution in [2.24, 2.45) is 5.92 Å². The summed E-state index contributed by atoms with van der Waals surface area (Å²) in [5, 5.41) is 10.9. The van der Waals surface area contributed by atoms with Gasteiger partial charge in [-0.3, -0.25) is 10.1 Å². The van der Waals surface area contributed by atoms with E-state index in [1.165, 1.54) is 17.4 Å². The summed E-state index contributed by atoms with van der Waals surface area (Å²) < 4.78 is 26.2. The second-order valence-corrected chi connectivity index (χ2v) is 7.18. The number of nitrogens with two attached hydrogens (primary N) is 1. The molecule has 0 saturated heterocycles. The molecule has 1 aliphatic carbocycles. The van der Waals surface area contributed by atoms with E-state index in [2.05, 4.69) is 0 Å². The smallest absolute Gasteiger partial charge is 0.293 e. The lowest BCUT2D eigenvalue weighted by atomic mass is 10.2. The summed E-state index contributed by atoms with van der Waals surface area (Å²) in [6.45, 7) is 2.03. The van der Waals surface area contributed by atoms with Gasteiger partial charge in [0.15, 0.2) is 0 Å². The van der Waals surface area contributed by atoms with Crippen LogP contribution in [0.15, 0.2) is 17.0 Å². The number of aryl methyl sites for hydroxylation is 1. The lowest BCUT2D eigenvalue weighted by molar-refractivity contribution is -0.384. The maximum absolute atomic E-state index is 12.5. The maximum Gasteiger partial charge on any atom is 0.293 e. The molecule has 1 fully saturated rings. The molecule has 20 heavy (non-hydrogen) atoms. The van der Waals surface area contributed by atoms with Gasteiger partial charge in [0.25, 0.3) is 5.69 Å². The average molecular weight is 299 g/mol. The van der Waals surface area contributed by atoms with Crippen LogP contribution in [0.1, 0.15) is 18.4 Å². The van der Waals surface area contributed by atoms with Crippen molar-refractivity contribution in [3.05, 3.63) is 27.8 Å². The second-order valence-electron chi connectivity index (χ2n) is 5.16. The highest BCUT2D eigenvalue weighted by Crippen LogP contribution is 2.33. The number of nitrogens with zero attached hydrogens (tertiary/aromatic N) is 2. The van der Waals surface area contributed by atoms with Crippen molar-refractivity contribution in [1.82, 2.24) is 4.31 Å². The number of nitrogen functional groups attached to an aromatic ring is 1. The van der Waals surface area contributed by atoms with Crippen molar-refractivity contribution < 1.29 is 13.3 Å². The molecule has 0 unspecified atom stereocenters. The van der Waals surface area contributed by atoms with Crippen molar-refractivity contribution in [3.63, 3.8) is 0 Å². The van der Waals surface area contributed by atoms with E-state index >= 15 is 0 Å². The fraction of sp³-hybridized carbons (Fsp3) is 0.500. The number of benzene rings is 1. The largest absolute Gasteiger partial charge is 0.393 e. The van der Waals surface area contributed by atoms with E-state index in [1.54, 1.807) is 6.92 Å². The predicted molar refractivity (Wildman–Crippen MR) is 74.8 cm³/mol. The maximum atomic E-state index is 12.5. The van der Waals surface area contributed by atoms with Gasteiger partial charge in [-0.05, 0) is 37.3 Å². The third kappa shape index (κ3) is 2.75. The molecule has 1 aliphatic rings. The number of sulfonamides is 1. The van der Waals surface area contributed by atoms with E-state index in [-0.39, 0.29) is 16.3 Å². The van der Waals surface area contributed by atoms with Gasteiger partial charge in [-0.1, -0.05) is 0 Å². The minimum absolute atomic E-state index is 0.0312. The van der Waals surface area contributed by atoms with E-state index in [0.29, 0.717) is 18.0 Å². The first kappa shape index (κ1) is 14.7. The molecule has 0 spiro atoms. The van der Waals surface area contributed by atoms with Gasteiger partial charge in [0.2, 0.25) is 10.0 Å². The van der Waals surface area contributed by atoms with E-state index in [4.69, 9.17) is 5.73 Å². The second kappa shape index (κ2) is 5.02. The molecule has 0 amide bonds. The Labute approximate surface area is 117 Å². The third-order valence-electron chi connectivity index (χ3n) is 3.42. The highest BCUT2D eigenvalue weighted by molar-refractivity contribution is 7.89. The Balaban J connectivity index is 2.44. The molecule has 0 heterocycles. The Bertz CT molecular complexity index is 653. The summed E-state index contributed by atoms with van der Waals surface area (Å²) in [4.78, 5) is 10.2. The van der Waals surface area contributed by atoms with Crippen molar-refractivity contribution >= 4 is 21.4 Å². The first-order valence-electron chi connectivity index (χ1n) is 6.24. The molecule has 1 aromatic rings. The first-order chi connectivity index (χ1) is 9.23.